The van der Waals surface area contributed by atoms with Gasteiger partial charge in [0.05, 0.1) is 18.3 Å². The second kappa shape index (κ2) is 9.15. The van der Waals surface area contributed by atoms with Gasteiger partial charge in [-0.3, -0.25) is 24.1 Å². The van der Waals surface area contributed by atoms with Gasteiger partial charge in [-0.2, -0.15) is 0 Å². The molecule has 2 aliphatic carbocycles. The number of allylic oxidation sites excluding steroid dienone is 2. The standard InChI is InChI=1S/C20H28N2O5/c23-17(21-14-7-3-1-2-4-8-14)13-27-18(24)11-12-22-19(25)15-9-5-6-10-16(15)20(22)26/h5-6,14-16H,1-4,7-13H2,(H,21,23)/t15-,16-/m0/s1. The first-order valence-corrected chi connectivity index (χ1v) is 10.0. The Kier molecular flexibility index (Phi) is 6.63. The minimum absolute atomic E-state index is 0.0216. The first-order valence-electron chi connectivity index (χ1n) is 10.0. The summed E-state index contributed by atoms with van der Waals surface area (Å²) in [6.07, 6.45) is 11.5. The van der Waals surface area contributed by atoms with Crippen LogP contribution in [0.25, 0.3) is 0 Å². The second-order valence-electron chi connectivity index (χ2n) is 7.65. The van der Waals surface area contributed by atoms with Crippen LogP contribution in [0.3, 0.4) is 0 Å². The Morgan fingerprint density at radius 1 is 1.00 bits per heavy atom. The molecule has 1 N–H and O–H groups in total. The van der Waals surface area contributed by atoms with E-state index in [0.717, 1.165) is 25.7 Å². The molecule has 3 aliphatic rings. The van der Waals surface area contributed by atoms with Crippen LogP contribution in [0.2, 0.25) is 0 Å². The number of nitrogens with zero attached hydrogens (tertiary/aromatic N) is 1. The third-order valence-electron chi connectivity index (χ3n) is 5.72. The lowest BCUT2D eigenvalue weighted by Crippen LogP contribution is -2.38. The molecule has 1 saturated carbocycles. The number of likely N-dealkylation sites (tertiary alicyclic amines) is 1. The van der Waals surface area contributed by atoms with Crippen molar-refractivity contribution in [1.82, 2.24) is 10.2 Å². The van der Waals surface area contributed by atoms with Crippen LogP contribution in [0, 0.1) is 11.8 Å². The summed E-state index contributed by atoms with van der Waals surface area (Å²) in [5, 5.41) is 2.92. The molecule has 0 aromatic heterocycles. The van der Waals surface area contributed by atoms with E-state index in [1.165, 1.54) is 17.7 Å². The molecule has 27 heavy (non-hydrogen) atoms. The number of fused-ring (bicyclic) bond motifs is 1. The molecule has 0 radical (unpaired) electrons. The number of nitrogens with one attached hydrogen (secondary N) is 1. The Labute approximate surface area is 159 Å². The summed E-state index contributed by atoms with van der Waals surface area (Å²) >= 11 is 0. The minimum atomic E-state index is -0.570. The topological polar surface area (TPSA) is 92.8 Å². The highest BCUT2D eigenvalue weighted by molar-refractivity contribution is 6.05. The van der Waals surface area contributed by atoms with Crippen molar-refractivity contribution < 1.29 is 23.9 Å². The average molecular weight is 376 g/mol. The van der Waals surface area contributed by atoms with E-state index in [4.69, 9.17) is 4.74 Å². The van der Waals surface area contributed by atoms with E-state index in [1.807, 2.05) is 12.2 Å². The molecule has 1 saturated heterocycles. The van der Waals surface area contributed by atoms with E-state index >= 15 is 0 Å². The van der Waals surface area contributed by atoms with Gasteiger partial charge in [0.15, 0.2) is 6.61 Å². The molecule has 1 heterocycles. The van der Waals surface area contributed by atoms with Crippen molar-refractivity contribution in [2.75, 3.05) is 13.2 Å². The smallest absolute Gasteiger partial charge is 0.308 e. The van der Waals surface area contributed by atoms with E-state index in [2.05, 4.69) is 5.32 Å². The van der Waals surface area contributed by atoms with Crippen LogP contribution >= 0.6 is 0 Å². The van der Waals surface area contributed by atoms with Gasteiger partial charge in [0, 0.05) is 12.6 Å². The minimum Gasteiger partial charge on any atom is -0.456 e. The largest absolute Gasteiger partial charge is 0.456 e. The maximum absolute atomic E-state index is 12.3. The average Bonchev–Trinajstić information content (AvgIpc) is 2.84. The number of carbonyl (C=O) groups is 4. The van der Waals surface area contributed by atoms with Gasteiger partial charge in [0.25, 0.3) is 5.91 Å². The molecular formula is C20H28N2O5. The van der Waals surface area contributed by atoms with Crippen LogP contribution in [0.15, 0.2) is 12.2 Å². The molecule has 2 atom stereocenters. The summed E-state index contributed by atoms with van der Waals surface area (Å²) < 4.78 is 5.01. The van der Waals surface area contributed by atoms with Crippen molar-refractivity contribution in [2.45, 2.75) is 63.8 Å². The first-order chi connectivity index (χ1) is 13.1. The van der Waals surface area contributed by atoms with Crippen LogP contribution in [-0.4, -0.2) is 47.8 Å². The fourth-order valence-electron chi connectivity index (χ4n) is 4.20. The van der Waals surface area contributed by atoms with Gasteiger partial charge >= 0.3 is 5.97 Å². The van der Waals surface area contributed by atoms with E-state index < -0.39 is 5.97 Å². The van der Waals surface area contributed by atoms with Crippen LogP contribution in [0.4, 0.5) is 0 Å². The Hall–Kier alpha value is -2.18. The highest BCUT2D eigenvalue weighted by Gasteiger charge is 2.46. The van der Waals surface area contributed by atoms with Crippen molar-refractivity contribution >= 4 is 23.7 Å². The van der Waals surface area contributed by atoms with Gasteiger partial charge in [-0.15, -0.1) is 0 Å². The lowest BCUT2D eigenvalue weighted by atomic mass is 9.85. The predicted molar refractivity (Wildman–Crippen MR) is 97.3 cm³/mol. The summed E-state index contributed by atoms with van der Waals surface area (Å²) in [6.45, 7) is -0.292. The fourth-order valence-corrected chi connectivity index (χ4v) is 4.20. The van der Waals surface area contributed by atoms with Crippen LogP contribution in [0.5, 0.6) is 0 Å². The van der Waals surface area contributed by atoms with Gasteiger partial charge < -0.3 is 10.1 Å². The molecule has 3 rings (SSSR count). The number of rotatable bonds is 6. The Bertz CT molecular complexity index is 596. The lowest BCUT2D eigenvalue weighted by Gasteiger charge is -2.16. The fraction of sp³-hybridized carbons (Fsp3) is 0.700. The maximum Gasteiger partial charge on any atom is 0.308 e. The van der Waals surface area contributed by atoms with Crippen molar-refractivity contribution in [3.05, 3.63) is 12.2 Å². The van der Waals surface area contributed by atoms with Crippen molar-refractivity contribution in [1.29, 1.82) is 0 Å². The number of amides is 3. The Balaban J connectivity index is 1.37. The van der Waals surface area contributed by atoms with Crippen molar-refractivity contribution in [2.24, 2.45) is 11.8 Å². The van der Waals surface area contributed by atoms with E-state index in [9.17, 15) is 19.2 Å². The van der Waals surface area contributed by atoms with E-state index in [-0.39, 0.29) is 55.2 Å². The normalized spacial score (nSPS) is 25.9. The molecular weight excluding hydrogens is 348 g/mol. The zero-order chi connectivity index (χ0) is 19.2. The van der Waals surface area contributed by atoms with Crippen LogP contribution < -0.4 is 5.32 Å². The number of ether oxygens (including phenoxy) is 1. The molecule has 1 aliphatic heterocycles. The Morgan fingerprint density at radius 3 is 2.19 bits per heavy atom. The number of hydrogen-bond donors (Lipinski definition) is 1. The van der Waals surface area contributed by atoms with Gasteiger partial charge in [-0.1, -0.05) is 37.8 Å². The SMILES string of the molecule is O=C(COC(=O)CCN1C(=O)[C@H]2CC=CC[C@@H]2C1=O)NC1CCCCCC1. The second-order valence-corrected chi connectivity index (χ2v) is 7.65. The lowest BCUT2D eigenvalue weighted by molar-refractivity contribution is -0.150. The summed E-state index contributed by atoms with van der Waals surface area (Å²) in [5.74, 6) is -1.84. The van der Waals surface area contributed by atoms with E-state index in [0.29, 0.717) is 12.8 Å². The molecule has 0 unspecified atom stereocenters. The number of esters is 1. The highest BCUT2D eigenvalue weighted by atomic mass is 16.5. The third kappa shape index (κ3) is 4.96. The summed E-state index contributed by atoms with van der Waals surface area (Å²) in [5.41, 5.74) is 0. The molecule has 0 bridgehead atoms. The van der Waals surface area contributed by atoms with Gasteiger partial charge in [-0.05, 0) is 25.7 Å². The van der Waals surface area contributed by atoms with Crippen molar-refractivity contribution in [3.63, 3.8) is 0 Å². The molecule has 2 fully saturated rings. The predicted octanol–water partition coefficient (Wildman–Crippen LogP) is 1.71. The molecule has 148 valence electrons. The highest BCUT2D eigenvalue weighted by Crippen LogP contribution is 2.35. The number of carbonyl (C=O) groups excluding carboxylic acids is 4. The zero-order valence-electron chi connectivity index (χ0n) is 15.7. The Morgan fingerprint density at radius 2 is 1.59 bits per heavy atom. The van der Waals surface area contributed by atoms with Gasteiger partial charge in [0.1, 0.15) is 0 Å². The zero-order valence-corrected chi connectivity index (χ0v) is 15.7. The molecule has 0 spiro atoms. The van der Waals surface area contributed by atoms with Crippen LogP contribution in [-0.2, 0) is 23.9 Å². The molecule has 7 nitrogen and oxygen atoms in total. The number of imide groups is 1. The van der Waals surface area contributed by atoms with Crippen LogP contribution in [0.1, 0.15) is 57.8 Å². The summed E-state index contributed by atoms with van der Waals surface area (Å²) in [6, 6.07) is 0.162. The quantitative estimate of drug-likeness (QED) is 0.330. The summed E-state index contributed by atoms with van der Waals surface area (Å²) in [7, 11) is 0. The molecule has 3 amide bonds. The maximum atomic E-state index is 12.3. The molecule has 7 heteroatoms. The van der Waals surface area contributed by atoms with Gasteiger partial charge in [-0.25, -0.2) is 0 Å². The summed E-state index contributed by atoms with van der Waals surface area (Å²) in [4.78, 5) is 49.7. The van der Waals surface area contributed by atoms with Crippen molar-refractivity contribution in [3.8, 4) is 0 Å². The number of hydrogen-bond acceptors (Lipinski definition) is 5. The van der Waals surface area contributed by atoms with Gasteiger partial charge in [0.2, 0.25) is 11.8 Å². The molecule has 0 aromatic carbocycles. The third-order valence-corrected chi connectivity index (χ3v) is 5.72. The molecule has 0 aromatic rings. The monoisotopic (exact) mass is 376 g/mol. The first kappa shape index (κ1) is 19.6. The van der Waals surface area contributed by atoms with E-state index in [1.54, 1.807) is 0 Å².